The highest BCUT2D eigenvalue weighted by Crippen LogP contribution is 2.23. The molecule has 7 nitrogen and oxygen atoms in total. The highest BCUT2D eigenvalue weighted by atomic mass is 79.9. The Morgan fingerprint density at radius 1 is 1.20 bits per heavy atom. The van der Waals surface area contributed by atoms with Crippen LogP contribution in [-0.4, -0.2) is 69.7 Å². The third-order valence-electron chi connectivity index (χ3n) is 4.84. The van der Waals surface area contributed by atoms with Crippen molar-refractivity contribution in [1.82, 2.24) is 25.6 Å². The standard InChI is InChI=1S/C17H24BrN5O2/c1-11(2)14-13(18)15(21-20-14)17(25)23-8-6-22(7-9-23)16(24)12-4-3-5-19-10-12/h3-5,10-11,13-15,20-21H,6-9H2,1-2H3. The van der Waals surface area contributed by atoms with E-state index in [2.05, 4.69) is 45.6 Å². The van der Waals surface area contributed by atoms with Gasteiger partial charge in [0.15, 0.2) is 0 Å². The number of aromatic nitrogens is 1. The zero-order valence-corrected chi connectivity index (χ0v) is 16.1. The van der Waals surface area contributed by atoms with Crippen LogP contribution in [0.5, 0.6) is 0 Å². The number of piperazine rings is 1. The number of amides is 2. The first-order valence-corrected chi connectivity index (χ1v) is 9.54. The first-order valence-electron chi connectivity index (χ1n) is 8.62. The molecule has 1 aromatic rings. The molecule has 0 bridgehead atoms. The van der Waals surface area contributed by atoms with Gasteiger partial charge in [0.25, 0.3) is 5.91 Å². The van der Waals surface area contributed by atoms with E-state index in [9.17, 15) is 9.59 Å². The third-order valence-corrected chi connectivity index (χ3v) is 5.94. The summed E-state index contributed by atoms with van der Waals surface area (Å²) in [7, 11) is 0. The highest BCUT2D eigenvalue weighted by molar-refractivity contribution is 9.09. The molecule has 3 atom stereocenters. The monoisotopic (exact) mass is 409 g/mol. The zero-order valence-electron chi connectivity index (χ0n) is 14.5. The summed E-state index contributed by atoms with van der Waals surface area (Å²) in [6, 6.07) is 3.45. The number of halogens is 1. The van der Waals surface area contributed by atoms with Gasteiger partial charge in [0.2, 0.25) is 5.91 Å². The second kappa shape index (κ2) is 7.80. The molecule has 0 spiro atoms. The van der Waals surface area contributed by atoms with Gasteiger partial charge in [-0.1, -0.05) is 29.8 Å². The molecule has 136 valence electrons. The van der Waals surface area contributed by atoms with Gasteiger partial charge >= 0.3 is 0 Å². The number of rotatable bonds is 3. The maximum atomic E-state index is 12.8. The van der Waals surface area contributed by atoms with Gasteiger partial charge in [0.1, 0.15) is 6.04 Å². The summed E-state index contributed by atoms with van der Waals surface area (Å²) in [5.74, 6) is 0.466. The molecule has 2 N–H and O–H groups in total. The molecular weight excluding hydrogens is 386 g/mol. The fraction of sp³-hybridized carbons (Fsp3) is 0.588. The highest BCUT2D eigenvalue weighted by Gasteiger charge is 2.42. The van der Waals surface area contributed by atoms with Crippen LogP contribution in [0.3, 0.4) is 0 Å². The number of nitrogens with zero attached hydrogens (tertiary/aromatic N) is 3. The summed E-state index contributed by atoms with van der Waals surface area (Å²) in [6.07, 6.45) is 3.23. The molecule has 0 saturated carbocycles. The van der Waals surface area contributed by atoms with Crippen molar-refractivity contribution in [3.05, 3.63) is 30.1 Å². The predicted octanol–water partition coefficient (Wildman–Crippen LogP) is 0.631. The Morgan fingerprint density at radius 3 is 2.44 bits per heavy atom. The van der Waals surface area contributed by atoms with Crippen LogP contribution in [0.1, 0.15) is 24.2 Å². The molecule has 2 saturated heterocycles. The van der Waals surface area contributed by atoms with Crippen LogP contribution >= 0.6 is 15.9 Å². The average Bonchev–Trinajstić information content (AvgIpc) is 3.03. The van der Waals surface area contributed by atoms with E-state index in [4.69, 9.17) is 0 Å². The number of nitrogens with one attached hydrogen (secondary N) is 2. The molecule has 25 heavy (non-hydrogen) atoms. The molecule has 0 aliphatic carbocycles. The number of carbonyl (C=O) groups is 2. The SMILES string of the molecule is CC(C)C1NNC(C(=O)N2CCN(C(=O)c3cccnc3)CC2)C1Br. The van der Waals surface area contributed by atoms with Gasteiger partial charge in [-0.15, -0.1) is 0 Å². The topological polar surface area (TPSA) is 77.6 Å². The lowest BCUT2D eigenvalue weighted by molar-refractivity contribution is -0.134. The molecular formula is C17H24BrN5O2. The molecule has 2 amide bonds. The minimum atomic E-state index is -0.284. The molecule has 3 unspecified atom stereocenters. The second-order valence-electron chi connectivity index (χ2n) is 6.84. The Hall–Kier alpha value is -1.51. The van der Waals surface area contributed by atoms with Gasteiger partial charge in [-0.25, -0.2) is 5.43 Å². The first kappa shape index (κ1) is 18.3. The minimum Gasteiger partial charge on any atom is -0.338 e. The molecule has 2 aliphatic rings. The fourth-order valence-electron chi connectivity index (χ4n) is 3.28. The van der Waals surface area contributed by atoms with Crippen molar-refractivity contribution in [3.8, 4) is 0 Å². The lowest BCUT2D eigenvalue weighted by Crippen LogP contribution is -2.56. The summed E-state index contributed by atoms with van der Waals surface area (Å²) >= 11 is 3.66. The van der Waals surface area contributed by atoms with Gasteiger partial charge in [0.05, 0.1) is 10.4 Å². The summed E-state index contributed by atoms with van der Waals surface area (Å²) in [6.45, 7) is 6.44. The van der Waals surface area contributed by atoms with E-state index in [0.29, 0.717) is 37.7 Å². The quantitative estimate of drug-likeness (QED) is 0.715. The van der Waals surface area contributed by atoms with Gasteiger partial charge in [0, 0.05) is 44.6 Å². The van der Waals surface area contributed by atoms with Crippen molar-refractivity contribution in [2.24, 2.45) is 5.92 Å². The molecule has 2 aliphatic heterocycles. The van der Waals surface area contributed by atoms with E-state index in [1.807, 2.05) is 4.90 Å². The summed E-state index contributed by atoms with van der Waals surface area (Å²) < 4.78 is 0. The van der Waals surface area contributed by atoms with Crippen LogP contribution in [0, 0.1) is 5.92 Å². The van der Waals surface area contributed by atoms with Crippen molar-refractivity contribution in [1.29, 1.82) is 0 Å². The molecule has 8 heteroatoms. The van der Waals surface area contributed by atoms with Crippen LogP contribution in [0.4, 0.5) is 0 Å². The van der Waals surface area contributed by atoms with Crippen LogP contribution in [0.15, 0.2) is 24.5 Å². The van der Waals surface area contributed by atoms with Crippen molar-refractivity contribution >= 4 is 27.7 Å². The second-order valence-corrected chi connectivity index (χ2v) is 7.90. The Bertz CT molecular complexity index is 619. The van der Waals surface area contributed by atoms with Crippen LogP contribution in [-0.2, 0) is 4.79 Å². The summed E-state index contributed by atoms with van der Waals surface area (Å²) in [4.78, 5) is 32.9. The smallest absolute Gasteiger partial charge is 0.255 e. The molecule has 2 fully saturated rings. The number of hydrogen-bond donors (Lipinski definition) is 2. The van der Waals surface area contributed by atoms with Gasteiger partial charge in [-0.3, -0.25) is 20.0 Å². The molecule has 0 radical (unpaired) electrons. The Kier molecular flexibility index (Phi) is 5.71. The van der Waals surface area contributed by atoms with E-state index >= 15 is 0 Å². The zero-order chi connectivity index (χ0) is 18.0. The van der Waals surface area contributed by atoms with E-state index in [-0.39, 0.29) is 28.7 Å². The van der Waals surface area contributed by atoms with Gasteiger partial charge in [-0.05, 0) is 18.1 Å². The number of pyridine rings is 1. The van der Waals surface area contributed by atoms with Crippen molar-refractivity contribution < 1.29 is 9.59 Å². The van der Waals surface area contributed by atoms with Crippen LogP contribution in [0.2, 0.25) is 0 Å². The number of hydrazine groups is 1. The van der Waals surface area contributed by atoms with Gasteiger partial charge in [-0.2, -0.15) is 0 Å². The number of carbonyl (C=O) groups excluding carboxylic acids is 2. The number of hydrogen-bond acceptors (Lipinski definition) is 5. The molecule has 0 aromatic carbocycles. The minimum absolute atomic E-state index is 0.0286. The molecule has 3 heterocycles. The average molecular weight is 410 g/mol. The lowest BCUT2D eigenvalue weighted by Gasteiger charge is -2.36. The lowest BCUT2D eigenvalue weighted by atomic mass is 9.99. The Balaban J connectivity index is 1.56. The van der Waals surface area contributed by atoms with Crippen LogP contribution < -0.4 is 10.9 Å². The maximum absolute atomic E-state index is 12.8. The molecule has 3 rings (SSSR count). The normalized spacial score (nSPS) is 27.0. The summed E-state index contributed by atoms with van der Waals surface area (Å²) in [5, 5.41) is 0. The predicted molar refractivity (Wildman–Crippen MR) is 98.1 cm³/mol. The summed E-state index contributed by atoms with van der Waals surface area (Å²) in [5.41, 5.74) is 6.91. The van der Waals surface area contributed by atoms with Gasteiger partial charge < -0.3 is 9.80 Å². The van der Waals surface area contributed by atoms with E-state index in [1.54, 1.807) is 29.4 Å². The maximum Gasteiger partial charge on any atom is 0.255 e. The first-order chi connectivity index (χ1) is 12.0. The van der Waals surface area contributed by atoms with Crippen molar-refractivity contribution in [2.75, 3.05) is 26.2 Å². The van der Waals surface area contributed by atoms with Crippen LogP contribution in [0.25, 0.3) is 0 Å². The van der Waals surface area contributed by atoms with E-state index < -0.39 is 0 Å². The van der Waals surface area contributed by atoms with Crippen molar-refractivity contribution in [2.45, 2.75) is 30.8 Å². The van der Waals surface area contributed by atoms with E-state index in [1.165, 1.54) is 0 Å². The van der Waals surface area contributed by atoms with Crippen molar-refractivity contribution in [3.63, 3.8) is 0 Å². The fourth-order valence-corrected chi connectivity index (χ4v) is 4.38. The largest absolute Gasteiger partial charge is 0.338 e. The Labute approximate surface area is 156 Å². The molecule has 1 aromatic heterocycles. The number of alkyl halides is 1. The Morgan fingerprint density at radius 2 is 1.88 bits per heavy atom. The van der Waals surface area contributed by atoms with E-state index in [0.717, 1.165) is 0 Å². The third kappa shape index (κ3) is 3.86.